The van der Waals surface area contributed by atoms with Gasteiger partial charge in [-0.25, -0.2) is 15.0 Å². The highest BCUT2D eigenvalue weighted by atomic mass is 16.5. The Morgan fingerprint density at radius 1 is 1.29 bits per heavy atom. The number of H-pyrrole nitrogens is 1. The first kappa shape index (κ1) is 14.6. The third-order valence-corrected chi connectivity index (χ3v) is 3.78. The van der Waals surface area contributed by atoms with Crippen LogP contribution in [0.2, 0.25) is 0 Å². The number of hydrogen-bond donors (Lipinski definition) is 2. The maximum Gasteiger partial charge on any atom is 0.233 e. The Labute approximate surface area is 137 Å². The number of aromatic amines is 1. The van der Waals surface area contributed by atoms with Gasteiger partial charge in [-0.15, -0.1) is 0 Å². The van der Waals surface area contributed by atoms with Gasteiger partial charge < -0.3 is 15.0 Å². The summed E-state index contributed by atoms with van der Waals surface area (Å²) in [4.78, 5) is 20.6. The summed E-state index contributed by atoms with van der Waals surface area (Å²) in [7, 11) is 1.67. The Bertz CT molecular complexity index is 990. The van der Waals surface area contributed by atoms with Crippen LogP contribution in [0.25, 0.3) is 27.9 Å². The molecule has 0 bridgehead atoms. The second-order valence-electron chi connectivity index (χ2n) is 5.64. The number of nitrogens with zero attached hydrogens (tertiary/aromatic N) is 5. The van der Waals surface area contributed by atoms with E-state index in [-0.39, 0.29) is 6.04 Å². The molecule has 8 heteroatoms. The van der Waals surface area contributed by atoms with E-state index < -0.39 is 0 Å². The van der Waals surface area contributed by atoms with Crippen molar-refractivity contribution in [1.82, 2.24) is 29.3 Å². The predicted octanol–water partition coefficient (Wildman–Crippen LogP) is 2.11. The molecule has 24 heavy (non-hydrogen) atoms. The van der Waals surface area contributed by atoms with Crippen molar-refractivity contribution in [3.05, 3.63) is 37.2 Å². The third-order valence-electron chi connectivity index (χ3n) is 3.78. The molecule has 1 atom stereocenters. The van der Waals surface area contributed by atoms with E-state index >= 15 is 0 Å². The highest BCUT2D eigenvalue weighted by molar-refractivity contribution is 5.93. The molecule has 0 aliphatic heterocycles. The Morgan fingerprint density at radius 2 is 2.21 bits per heavy atom. The fourth-order valence-electron chi connectivity index (χ4n) is 2.68. The van der Waals surface area contributed by atoms with E-state index in [1.807, 2.05) is 36.1 Å². The second-order valence-corrected chi connectivity index (χ2v) is 5.64. The van der Waals surface area contributed by atoms with Crippen LogP contribution >= 0.6 is 0 Å². The summed E-state index contributed by atoms with van der Waals surface area (Å²) >= 11 is 0. The Kier molecular flexibility index (Phi) is 3.58. The molecule has 122 valence electrons. The number of hydrogen-bond acceptors (Lipinski definition) is 6. The zero-order valence-corrected chi connectivity index (χ0v) is 13.4. The molecule has 0 aliphatic rings. The molecule has 2 N–H and O–H groups in total. The smallest absolute Gasteiger partial charge is 0.233 e. The predicted molar refractivity (Wildman–Crippen MR) is 90.8 cm³/mol. The molecular weight excluding hydrogens is 306 g/mol. The average molecular weight is 323 g/mol. The summed E-state index contributed by atoms with van der Waals surface area (Å²) in [5.41, 5.74) is 2.76. The van der Waals surface area contributed by atoms with Crippen molar-refractivity contribution in [2.45, 2.75) is 13.0 Å². The maximum atomic E-state index is 5.11. The van der Waals surface area contributed by atoms with Crippen LogP contribution in [-0.4, -0.2) is 49.1 Å². The third kappa shape index (κ3) is 2.56. The molecule has 0 aliphatic carbocycles. The zero-order valence-electron chi connectivity index (χ0n) is 13.4. The van der Waals surface area contributed by atoms with Crippen molar-refractivity contribution in [1.29, 1.82) is 0 Å². The molecule has 0 radical (unpaired) electrons. The van der Waals surface area contributed by atoms with Gasteiger partial charge in [0, 0.05) is 66.8 Å². The molecule has 0 saturated heterocycles. The minimum atomic E-state index is 0.134. The van der Waals surface area contributed by atoms with E-state index in [1.165, 1.54) is 0 Å². The van der Waals surface area contributed by atoms with Gasteiger partial charge in [-0.05, 0) is 6.92 Å². The van der Waals surface area contributed by atoms with Crippen LogP contribution < -0.4 is 5.32 Å². The number of anilines is 1. The van der Waals surface area contributed by atoms with Gasteiger partial charge in [0.1, 0.15) is 5.65 Å². The van der Waals surface area contributed by atoms with Gasteiger partial charge in [0.05, 0.1) is 6.61 Å². The van der Waals surface area contributed by atoms with E-state index in [9.17, 15) is 0 Å². The lowest BCUT2D eigenvalue weighted by atomic mass is 10.1. The van der Waals surface area contributed by atoms with Gasteiger partial charge in [-0.3, -0.25) is 4.40 Å². The number of aromatic nitrogens is 6. The van der Waals surface area contributed by atoms with Crippen LogP contribution in [-0.2, 0) is 4.74 Å². The first-order valence-corrected chi connectivity index (χ1v) is 7.63. The Balaban J connectivity index is 1.69. The molecular formula is C16H17N7O. The van der Waals surface area contributed by atoms with Crippen molar-refractivity contribution in [2.24, 2.45) is 0 Å². The lowest BCUT2D eigenvalue weighted by Gasteiger charge is -2.12. The summed E-state index contributed by atoms with van der Waals surface area (Å²) in [6, 6.07) is 0.134. The summed E-state index contributed by atoms with van der Waals surface area (Å²) in [5, 5.41) is 4.16. The lowest BCUT2D eigenvalue weighted by molar-refractivity contribution is 0.190. The van der Waals surface area contributed by atoms with Crippen LogP contribution in [0.3, 0.4) is 0 Å². The number of fused-ring (bicyclic) bond motifs is 2. The van der Waals surface area contributed by atoms with E-state index in [0.717, 1.165) is 22.2 Å². The van der Waals surface area contributed by atoms with Crippen LogP contribution in [0.15, 0.2) is 37.2 Å². The minimum Gasteiger partial charge on any atom is -0.383 e. The number of methoxy groups -OCH3 is 1. The largest absolute Gasteiger partial charge is 0.383 e. The topological polar surface area (TPSA) is 93.0 Å². The number of imidazole rings is 1. The summed E-state index contributed by atoms with van der Waals surface area (Å²) < 4.78 is 7.00. The fraction of sp³-hybridized carbons (Fsp3) is 0.250. The van der Waals surface area contributed by atoms with Crippen molar-refractivity contribution < 1.29 is 4.74 Å². The maximum absolute atomic E-state index is 5.11. The Morgan fingerprint density at radius 3 is 3.08 bits per heavy atom. The van der Waals surface area contributed by atoms with Crippen molar-refractivity contribution in [2.75, 3.05) is 19.0 Å². The molecule has 4 rings (SSSR count). The molecule has 0 aromatic carbocycles. The monoisotopic (exact) mass is 323 g/mol. The second kappa shape index (κ2) is 5.89. The molecule has 0 amide bonds. The van der Waals surface area contributed by atoms with E-state index in [0.29, 0.717) is 18.3 Å². The van der Waals surface area contributed by atoms with Crippen molar-refractivity contribution in [3.63, 3.8) is 0 Å². The quantitative estimate of drug-likeness (QED) is 0.584. The first-order valence-electron chi connectivity index (χ1n) is 7.63. The molecule has 4 heterocycles. The van der Waals surface area contributed by atoms with Gasteiger partial charge in [-0.1, -0.05) is 0 Å². The number of nitrogens with one attached hydrogen (secondary N) is 2. The SMILES string of the molecule is COC[C@H](C)Nc1ncc2c(-c3cnc4nccn4c3)c[nH]c2n1. The molecule has 4 aromatic heterocycles. The standard InChI is InChI=1S/C16H17N7O/c1-10(9-24-2)21-15-19-7-13-12(6-18-14(13)22-15)11-5-20-16-17-3-4-23(16)8-11/h3-8,10H,9H2,1-2H3,(H2,18,19,21,22)/t10-/m0/s1. The van der Waals surface area contributed by atoms with Gasteiger partial charge >= 0.3 is 0 Å². The normalized spacial score (nSPS) is 12.8. The molecule has 0 saturated carbocycles. The van der Waals surface area contributed by atoms with Gasteiger partial charge in [0.15, 0.2) is 0 Å². The van der Waals surface area contributed by atoms with Crippen molar-refractivity contribution in [3.8, 4) is 11.1 Å². The van der Waals surface area contributed by atoms with Gasteiger partial charge in [0.2, 0.25) is 11.7 Å². The molecule has 0 fully saturated rings. The minimum absolute atomic E-state index is 0.134. The van der Waals surface area contributed by atoms with E-state index in [4.69, 9.17) is 4.74 Å². The highest BCUT2D eigenvalue weighted by Crippen LogP contribution is 2.27. The molecule has 8 nitrogen and oxygen atoms in total. The van der Waals surface area contributed by atoms with Crippen LogP contribution in [0.4, 0.5) is 5.95 Å². The van der Waals surface area contributed by atoms with Gasteiger partial charge in [0.25, 0.3) is 0 Å². The fourth-order valence-corrected chi connectivity index (χ4v) is 2.68. The Hall–Kier alpha value is -3.00. The van der Waals surface area contributed by atoms with Gasteiger partial charge in [-0.2, -0.15) is 4.98 Å². The number of ether oxygens (including phenoxy) is 1. The molecule has 0 spiro atoms. The average Bonchev–Trinajstić information content (AvgIpc) is 3.20. The van der Waals surface area contributed by atoms with E-state index in [1.54, 1.807) is 19.5 Å². The van der Waals surface area contributed by atoms with Crippen LogP contribution in [0.1, 0.15) is 6.92 Å². The van der Waals surface area contributed by atoms with Crippen LogP contribution in [0.5, 0.6) is 0 Å². The summed E-state index contributed by atoms with van der Waals surface area (Å²) in [6.45, 7) is 2.61. The van der Waals surface area contributed by atoms with Crippen molar-refractivity contribution >= 4 is 22.8 Å². The highest BCUT2D eigenvalue weighted by Gasteiger charge is 2.11. The molecule has 4 aromatic rings. The summed E-state index contributed by atoms with van der Waals surface area (Å²) in [6.07, 6.45) is 11.1. The number of rotatable bonds is 5. The zero-order chi connectivity index (χ0) is 16.5. The molecule has 0 unspecified atom stereocenters. The summed E-state index contributed by atoms with van der Waals surface area (Å²) in [5.74, 6) is 1.25. The van der Waals surface area contributed by atoms with E-state index in [2.05, 4.69) is 30.2 Å². The van der Waals surface area contributed by atoms with Crippen LogP contribution in [0, 0.1) is 0 Å². The lowest BCUT2D eigenvalue weighted by Crippen LogP contribution is -2.22. The first-order chi connectivity index (χ1) is 11.7.